The van der Waals surface area contributed by atoms with E-state index in [0.717, 1.165) is 21.5 Å². The van der Waals surface area contributed by atoms with E-state index in [2.05, 4.69) is 0 Å². The minimum Gasteiger partial charge on any atom is -0.493 e. The van der Waals surface area contributed by atoms with Gasteiger partial charge in [-0.15, -0.1) is 0 Å². The number of aliphatic hydroxyl groups excluding tert-OH is 1. The number of fused-ring (bicyclic) bond motifs is 2. The second kappa shape index (κ2) is 13.2. The first-order valence-corrected chi connectivity index (χ1v) is 12.0. The Balaban J connectivity index is 0.000000208. The zero-order valence-corrected chi connectivity index (χ0v) is 21.2. The number of ether oxygens (including phenoxy) is 3. The number of esters is 1. The molecule has 7 nitrogen and oxygen atoms in total. The van der Waals surface area contributed by atoms with Gasteiger partial charge in [0.2, 0.25) is 5.78 Å². The van der Waals surface area contributed by atoms with Crippen LogP contribution in [0.1, 0.15) is 41.5 Å². The van der Waals surface area contributed by atoms with E-state index in [9.17, 15) is 14.4 Å². The van der Waals surface area contributed by atoms with Gasteiger partial charge in [-0.25, -0.2) is 0 Å². The molecule has 4 aromatic carbocycles. The maximum atomic E-state index is 12.3. The van der Waals surface area contributed by atoms with Gasteiger partial charge in [0, 0.05) is 6.92 Å². The summed E-state index contributed by atoms with van der Waals surface area (Å²) in [5.74, 6) is -0.00384. The number of hydrogen-bond donors (Lipinski definition) is 1. The number of aliphatic hydroxyl groups is 1. The molecule has 0 amide bonds. The molecule has 0 bridgehead atoms. The molecule has 0 fully saturated rings. The number of hydrogen-bond acceptors (Lipinski definition) is 7. The van der Waals surface area contributed by atoms with Crippen molar-refractivity contribution in [3.63, 3.8) is 0 Å². The molecule has 1 N–H and O–H groups in total. The smallest absolute Gasteiger partial charge is 0.303 e. The highest BCUT2D eigenvalue weighted by Crippen LogP contribution is 2.29. The molecule has 0 unspecified atom stereocenters. The molecule has 0 aliphatic heterocycles. The Labute approximate surface area is 215 Å². The Morgan fingerprint density at radius 2 is 1.14 bits per heavy atom. The molecule has 4 aromatic rings. The minimum atomic E-state index is -0.506. The van der Waals surface area contributed by atoms with Crippen molar-refractivity contribution >= 4 is 39.1 Å². The van der Waals surface area contributed by atoms with Crippen molar-refractivity contribution in [1.82, 2.24) is 0 Å². The third-order valence-corrected chi connectivity index (χ3v) is 5.49. The average Bonchev–Trinajstić information content (AvgIpc) is 2.91. The fourth-order valence-electron chi connectivity index (χ4n) is 3.95. The number of rotatable bonds is 9. The Morgan fingerprint density at radius 3 is 1.57 bits per heavy atom. The van der Waals surface area contributed by atoms with Crippen LogP contribution in [0.15, 0.2) is 72.8 Å². The van der Waals surface area contributed by atoms with Crippen LogP contribution in [0.3, 0.4) is 0 Å². The van der Waals surface area contributed by atoms with Crippen molar-refractivity contribution in [3.8, 4) is 11.5 Å². The Bertz CT molecular complexity index is 1410. The highest BCUT2D eigenvalue weighted by Gasteiger charge is 2.18. The maximum Gasteiger partial charge on any atom is 0.303 e. The highest BCUT2D eigenvalue weighted by molar-refractivity contribution is 6.12. The van der Waals surface area contributed by atoms with Gasteiger partial charge in [-0.1, -0.05) is 60.7 Å². The van der Waals surface area contributed by atoms with Crippen LogP contribution in [0, 0.1) is 0 Å². The first-order chi connectivity index (χ1) is 17.9. The molecule has 0 radical (unpaired) electrons. The van der Waals surface area contributed by atoms with E-state index in [-0.39, 0.29) is 18.2 Å². The van der Waals surface area contributed by atoms with Crippen LogP contribution in [0.2, 0.25) is 0 Å². The van der Waals surface area contributed by atoms with Crippen molar-refractivity contribution in [2.75, 3.05) is 26.4 Å². The molecular formula is C30H30O7. The van der Waals surface area contributed by atoms with Crippen molar-refractivity contribution < 1.29 is 33.7 Å². The van der Waals surface area contributed by atoms with Gasteiger partial charge in [0.1, 0.15) is 18.1 Å². The molecule has 0 atom stereocenters. The van der Waals surface area contributed by atoms with Crippen LogP contribution in [0.4, 0.5) is 0 Å². The van der Waals surface area contributed by atoms with Crippen molar-refractivity contribution in [1.29, 1.82) is 0 Å². The third kappa shape index (κ3) is 6.71. The predicted octanol–water partition coefficient (Wildman–Crippen LogP) is 5.40. The SMILES string of the molecule is CCOc1ccc2ccccc2c1C(=O)CO.CCOc1ccc2ccccc2c1C(=O)COC(C)=O. The fraction of sp³-hybridized carbons (Fsp3) is 0.233. The van der Waals surface area contributed by atoms with Crippen LogP contribution >= 0.6 is 0 Å². The lowest BCUT2D eigenvalue weighted by Gasteiger charge is -2.12. The number of carbonyl (C=O) groups excluding carboxylic acids is 3. The fourth-order valence-corrected chi connectivity index (χ4v) is 3.95. The summed E-state index contributed by atoms with van der Waals surface area (Å²) in [4.78, 5) is 34.9. The molecule has 0 aromatic heterocycles. The second-order valence-corrected chi connectivity index (χ2v) is 7.97. The lowest BCUT2D eigenvalue weighted by atomic mass is 10.0. The largest absolute Gasteiger partial charge is 0.493 e. The van der Waals surface area contributed by atoms with E-state index in [1.54, 1.807) is 12.1 Å². The first kappa shape index (κ1) is 27.4. The molecule has 7 heteroatoms. The number of ketones is 2. The summed E-state index contributed by atoms with van der Waals surface area (Å²) in [6.07, 6.45) is 0. The summed E-state index contributed by atoms with van der Waals surface area (Å²) in [7, 11) is 0. The lowest BCUT2D eigenvalue weighted by molar-refractivity contribution is -0.139. The van der Waals surface area contributed by atoms with Gasteiger partial charge in [-0.3, -0.25) is 14.4 Å². The molecule has 4 rings (SSSR count). The topological polar surface area (TPSA) is 99.1 Å². The lowest BCUT2D eigenvalue weighted by Crippen LogP contribution is -2.14. The molecule has 0 spiro atoms. The predicted molar refractivity (Wildman–Crippen MR) is 143 cm³/mol. The van der Waals surface area contributed by atoms with Crippen molar-refractivity contribution in [3.05, 3.63) is 83.9 Å². The van der Waals surface area contributed by atoms with Gasteiger partial charge in [-0.2, -0.15) is 0 Å². The summed E-state index contributed by atoms with van der Waals surface area (Å²) < 4.78 is 15.7. The van der Waals surface area contributed by atoms with Gasteiger partial charge in [0.05, 0.1) is 24.3 Å². The van der Waals surface area contributed by atoms with E-state index >= 15 is 0 Å². The summed E-state index contributed by atoms with van der Waals surface area (Å²) >= 11 is 0. The van der Waals surface area contributed by atoms with Crippen molar-refractivity contribution in [2.45, 2.75) is 20.8 Å². The Kier molecular flexibility index (Phi) is 9.75. The highest BCUT2D eigenvalue weighted by atomic mass is 16.5. The van der Waals surface area contributed by atoms with E-state index in [1.165, 1.54) is 6.92 Å². The molecule has 37 heavy (non-hydrogen) atoms. The van der Waals surface area contributed by atoms with Crippen molar-refractivity contribution in [2.24, 2.45) is 0 Å². The zero-order chi connectivity index (χ0) is 26.8. The summed E-state index contributed by atoms with van der Waals surface area (Å²) in [5, 5.41) is 12.6. The van der Waals surface area contributed by atoms with E-state index in [0.29, 0.717) is 35.8 Å². The maximum absolute atomic E-state index is 12.3. The van der Waals surface area contributed by atoms with E-state index < -0.39 is 12.6 Å². The number of benzene rings is 4. The Morgan fingerprint density at radius 1 is 0.676 bits per heavy atom. The minimum absolute atomic E-state index is 0.263. The second-order valence-electron chi connectivity index (χ2n) is 7.97. The van der Waals surface area contributed by atoms with Gasteiger partial charge in [-0.05, 0) is 47.5 Å². The molecule has 0 saturated carbocycles. The molecule has 192 valence electrons. The monoisotopic (exact) mass is 502 g/mol. The quantitative estimate of drug-likeness (QED) is 0.242. The van der Waals surface area contributed by atoms with Crippen LogP contribution in [0.5, 0.6) is 11.5 Å². The summed E-state index contributed by atoms with van der Waals surface area (Å²) in [6.45, 7) is 5.17. The van der Waals surface area contributed by atoms with Gasteiger partial charge in [0.25, 0.3) is 0 Å². The average molecular weight is 503 g/mol. The molecule has 0 saturated heterocycles. The van der Waals surface area contributed by atoms with Crippen LogP contribution in [0.25, 0.3) is 21.5 Å². The molecule has 0 aliphatic carbocycles. The standard InChI is InChI=1S/C16H16O4.C14H14O3/c1-3-19-15-9-8-12-6-4-5-7-13(12)16(15)14(18)10-20-11(2)17;1-2-17-13-8-7-10-5-3-4-6-11(10)14(13)12(16)9-15/h4-9H,3,10H2,1-2H3;3-8,15H,2,9H2,1H3. The molecular weight excluding hydrogens is 472 g/mol. The summed E-state index contributed by atoms with van der Waals surface area (Å²) in [6, 6.07) is 22.5. The summed E-state index contributed by atoms with van der Waals surface area (Å²) in [5.41, 5.74) is 0.929. The number of Topliss-reactive ketones (excluding diaryl/α,β-unsaturated/α-hetero) is 2. The third-order valence-electron chi connectivity index (χ3n) is 5.49. The van der Waals surface area contributed by atoms with Gasteiger partial charge < -0.3 is 19.3 Å². The number of carbonyl (C=O) groups is 3. The normalized spacial score (nSPS) is 10.4. The molecule has 0 heterocycles. The van der Waals surface area contributed by atoms with E-state index in [1.807, 2.05) is 74.5 Å². The first-order valence-electron chi connectivity index (χ1n) is 12.0. The van der Waals surface area contributed by atoms with Crippen LogP contribution in [-0.4, -0.2) is 49.1 Å². The van der Waals surface area contributed by atoms with Crippen LogP contribution < -0.4 is 9.47 Å². The van der Waals surface area contributed by atoms with Gasteiger partial charge in [0.15, 0.2) is 12.4 Å². The van der Waals surface area contributed by atoms with E-state index in [4.69, 9.17) is 19.3 Å². The Hall–Kier alpha value is -4.23. The zero-order valence-electron chi connectivity index (χ0n) is 21.2. The van der Waals surface area contributed by atoms with Crippen LogP contribution in [-0.2, 0) is 9.53 Å². The molecule has 0 aliphatic rings. The van der Waals surface area contributed by atoms with Gasteiger partial charge >= 0.3 is 5.97 Å².